The van der Waals surface area contributed by atoms with Crippen LogP contribution in [0.2, 0.25) is 0 Å². The number of ether oxygens (including phenoxy) is 1. The third kappa shape index (κ3) is 2.08. The van der Waals surface area contributed by atoms with Crippen LogP contribution in [0.25, 0.3) is 21.7 Å². The van der Waals surface area contributed by atoms with Crippen molar-refractivity contribution < 1.29 is 18.8 Å². The Morgan fingerprint density at radius 2 is 1.95 bits per heavy atom. The van der Waals surface area contributed by atoms with Gasteiger partial charge in [0.05, 0.1) is 17.9 Å². The van der Waals surface area contributed by atoms with Crippen LogP contribution in [0.5, 0.6) is 5.75 Å². The van der Waals surface area contributed by atoms with E-state index in [1.54, 1.807) is 13.2 Å². The van der Waals surface area contributed by atoms with Gasteiger partial charge in [-0.05, 0) is 30.3 Å². The Kier molecular flexibility index (Phi) is 3.24. The topological polar surface area (TPSA) is 33.3 Å². The van der Waals surface area contributed by atoms with Crippen molar-refractivity contribution in [2.24, 2.45) is 0 Å². The molecule has 4 heteroatoms. The van der Waals surface area contributed by atoms with Crippen molar-refractivity contribution in [3.8, 4) is 5.75 Å². The fourth-order valence-electron chi connectivity index (χ4n) is 2.52. The number of halogens is 1. The zero-order chi connectivity index (χ0) is 14.1. The number of fused-ring (bicyclic) bond motifs is 3. The van der Waals surface area contributed by atoms with E-state index in [9.17, 15) is 9.50 Å². The fraction of sp³-hybridized carbons (Fsp3) is 0.188. The molecule has 0 aliphatic heterocycles. The van der Waals surface area contributed by atoms with E-state index in [1.165, 1.54) is 12.1 Å². The molecule has 0 saturated heterocycles. The normalized spacial score (nSPS) is 11.2. The summed E-state index contributed by atoms with van der Waals surface area (Å²) in [5.41, 5.74) is 0.775. The van der Waals surface area contributed by atoms with Crippen molar-refractivity contribution in [1.29, 1.82) is 0 Å². The molecule has 2 aromatic carbocycles. The van der Waals surface area contributed by atoms with Gasteiger partial charge in [-0.1, -0.05) is 0 Å². The number of hydrogen-bond donors (Lipinski definition) is 1. The monoisotopic (exact) mass is 272 g/mol. The van der Waals surface area contributed by atoms with Crippen LogP contribution in [0.3, 0.4) is 0 Å². The third-order valence-corrected chi connectivity index (χ3v) is 3.45. The standard InChI is InChI=1S/C16H15FNO2/c1-20-13-3-5-14-11(8-13)10-18(6-7-19)16-9-12(17)2-4-15(14)16/h2-5,8-10,19H,6-7H2,1H3/q+1. The molecule has 3 rings (SSSR count). The highest BCUT2D eigenvalue weighted by atomic mass is 19.1. The van der Waals surface area contributed by atoms with Gasteiger partial charge in [0.15, 0.2) is 12.7 Å². The first-order valence-corrected chi connectivity index (χ1v) is 6.43. The number of pyridine rings is 1. The summed E-state index contributed by atoms with van der Waals surface area (Å²) in [5, 5.41) is 12.2. The molecule has 3 nitrogen and oxygen atoms in total. The minimum atomic E-state index is -0.281. The van der Waals surface area contributed by atoms with E-state index < -0.39 is 0 Å². The van der Waals surface area contributed by atoms with Crippen LogP contribution in [-0.4, -0.2) is 18.8 Å². The number of rotatable bonds is 3. The summed E-state index contributed by atoms with van der Waals surface area (Å²) in [7, 11) is 1.62. The molecule has 1 N–H and O–H groups in total. The zero-order valence-electron chi connectivity index (χ0n) is 11.1. The van der Waals surface area contributed by atoms with E-state index in [1.807, 2.05) is 29.0 Å². The van der Waals surface area contributed by atoms with Crippen LogP contribution in [0.4, 0.5) is 4.39 Å². The number of aromatic nitrogens is 1. The zero-order valence-corrected chi connectivity index (χ0v) is 11.1. The largest absolute Gasteiger partial charge is 0.497 e. The Balaban J connectivity index is 2.39. The summed E-state index contributed by atoms with van der Waals surface area (Å²) >= 11 is 0. The average molecular weight is 272 g/mol. The molecule has 3 aromatic rings. The van der Waals surface area contributed by atoms with E-state index in [0.29, 0.717) is 6.54 Å². The molecule has 0 spiro atoms. The first-order valence-electron chi connectivity index (χ1n) is 6.43. The lowest BCUT2D eigenvalue weighted by molar-refractivity contribution is -0.671. The smallest absolute Gasteiger partial charge is 0.216 e. The van der Waals surface area contributed by atoms with Crippen LogP contribution in [-0.2, 0) is 6.54 Å². The fourth-order valence-corrected chi connectivity index (χ4v) is 2.52. The number of hydrogen-bond acceptors (Lipinski definition) is 2. The summed E-state index contributed by atoms with van der Waals surface area (Å²) in [5.74, 6) is 0.492. The van der Waals surface area contributed by atoms with Crippen molar-refractivity contribution in [1.82, 2.24) is 0 Å². The first-order chi connectivity index (χ1) is 9.72. The summed E-state index contributed by atoms with van der Waals surface area (Å²) in [6.07, 6.45) is 1.91. The van der Waals surface area contributed by atoms with Crippen LogP contribution >= 0.6 is 0 Å². The predicted molar refractivity (Wildman–Crippen MR) is 75.2 cm³/mol. The molecule has 1 aromatic heterocycles. The van der Waals surface area contributed by atoms with Crippen molar-refractivity contribution in [2.75, 3.05) is 13.7 Å². The van der Waals surface area contributed by atoms with Crippen LogP contribution < -0.4 is 9.30 Å². The first kappa shape index (κ1) is 12.8. The molecule has 0 atom stereocenters. The van der Waals surface area contributed by atoms with E-state index in [-0.39, 0.29) is 12.4 Å². The Morgan fingerprint density at radius 3 is 2.70 bits per heavy atom. The minimum Gasteiger partial charge on any atom is -0.497 e. The van der Waals surface area contributed by atoms with Gasteiger partial charge in [-0.25, -0.2) is 4.39 Å². The SMILES string of the molecule is COc1ccc2c(c1)c[n+](CCO)c1cc(F)ccc21. The lowest BCUT2D eigenvalue weighted by Gasteiger charge is -2.06. The highest BCUT2D eigenvalue weighted by Crippen LogP contribution is 2.26. The molecule has 0 amide bonds. The maximum absolute atomic E-state index is 13.5. The van der Waals surface area contributed by atoms with Gasteiger partial charge in [0, 0.05) is 11.5 Å². The van der Waals surface area contributed by atoms with Crippen LogP contribution in [0, 0.1) is 5.82 Å². The summed E-state index contributed by atoms with van der Waals surface area (Å²) in [6.45, 7) is 0.429. The number of benzene rings is 2. The van der Waals surface area contributed by atoms with Gasteiger partial charge < -0.3 is 9.84 Å². The van der Waals surface area contributed by atoms with Crippen LogP contribution in [0.1, 0.15) is 0 Å². The average Bonchev–Trinajstić information content (AvgIpc) is 2.47. The second-order valence-electron chi connectivity index (χ2n) is 4.66. The van der Waals surface area contributed by atoms with Gasteiger partial charge in [-0.3, -0.25) is 0 Å². The van der Waals surface area contributed by atoms with Crippen molar-refractivity contribution in [3.05, 3.63) is 48.4 Å². The minimum absolute atomic E-state index is 0.00571. The van der Waals surface area contributed by atoms with Gasteiger partial charge >= 0.3 is 0 Å². The van der Waals surface area contributed by atoms with Gasteiger partial charge in [0.1, 0.15) is 18.2 Å². The molecule has 0 saturated carbocycles. The lowest BCUT2D eigenvalue weighted by Crippen LogP contribution is -2.36. The van der Waals surface area contributed by atoms with E-state index in [2.05, 4.69) is 0 Å². The van der Waals surface area contributed by atoms with E-state index in [0.717, 1.165) is 27.4 Å². The Labute approximate surface area is 115 Å². The Hall–Kier alpha value is -2.20. The molecule has 1 heterocycles. The predicted octanol–water partition coefficient (Wildman–Crippen LogP) is 2.42. The molecule has 0 aliphatic carbocycles. The summed E-state index contributed by atoms with van der Waals surface area (Å²) < 4.78 is 20.6. The molecular weight excluding hydrogens is 257 g/mol. The number of aliphatic hydroxyl groups excluding tert-OH is 1. The molecular formula is C16H15FNO2+. The van der Waals surface area contributed by atoms with Crippen molar-refractivity contribution in [2.45, 2.75) is 6.54 Å². The highest BCUT2D eigenvalue weighted by molar-refractivity contribution is 6.04. The van der Waals surface area contributed by atoms with E-state index in [4.69, 9.17) is 4.74 Å². The highest BCUT2D eigenvalue weighted by Gasteiger charge is 2.14. The third-order valence-electron chi connectivity index (χ3n) is 3.45. The van der Waals surface area contributed by atoms with Gasteiger partial charge in [0.2, 0.25) is 5.52 Å². The second kappa shape index (κ2) is 5.06. The molecule has 20 heavy (non-hydrogen) atoms. The number of nitrogens with zero attached hydrogens (tertiary/aromatic N) is 1. The van der Waals surface area contributed by atoms with Crippen molar-refractivity contribution >= 4 is 21.7 Å². The molecule has 0 fully saturated rings. The van der Waals surface area contributed by atoms with Gasteiger partial charge in [-0.15, -0.1) is 0 Å². The van der Waals surface area contributed by atoms with Crippen LogP contribution in [0.15, 0.2) is 42.6 Å². The quantitative estimate of drug-likeness (QED) is 0.587. The Bertz CT molecular complexity index is 786. The second-order valence-corrected chi connectivity index (χ2v) is 4.66. The maximum atomic E-state index is 13.5. The summed E-state index contributed by atoms with van der Waals surface area (Å²) in [4.78, 5) is 0. The number of aliphatic hydroxyl groups is 1. The summed E-state index contributed by atoms with van der Waals surface area (Å²) in [6, 6.07) is 10.5. The Morgan fingerprint density at radius 1 is 1.15 bits per heavy atom. The molecule has 0 bridgehead atoms. The maximum Gasteiger partial charge on any atom is 0.216 e. The molecule has 0 unspecified atom stereocenters. The molecule has 0 aliphatic rings. The molecule has 0 radical (unpaired) electrons. The van der Waals surface area contributed by atoms with Gasteiger partial charge in [-0.2, -0.15) is 4.57 Å². The lowest BCUT2D eigenvalue weighted by atomic mass is 10.1. The number of methoxy groups -OCH3 is 1. The molecule has 102 valence electrons. The van der Waals surface area contributed by atoms with Gasteiger partial charge in [0.25, 0.3) is 0 Å². The van der Waals surface area contributed by atoms with Crippen molar-refractivity contribution in [3.63, 3.8) is 0 Å². The van der Waals surface area contributed by atoms with E-state index >= 15 is 0 Å².